The number of aromatic nitrogens is 11. The van der Waals surface area contributed by atoms with E-state index in [1.54, 1.807) is 49.0 Å². The normalized spacial score (nSPS) is 12.0. The summed E-state index contributed by atoms with van der Waals surface area (Å²) in [6, 6.07) is 12.0. The summed E-state index contributed by atoms with van der Waals surface area (Å²) in [4.78, 5) is 71.1. The first kappa shape index (κ1) is 57.8. The Morgan fingerprint density at radius 1 is 0.889 bits per heavy atom. The van der Waals surface area contributed by atoms with Gasteiger partial charge in [0.05, 0.1) is 97.3 Å². The van der Waals surface area contributed by atoms with Crippen LogP contribution in [0.2, 0.25) is 5.02 Å². The summed E-state index contributed by atoms with van der Waals surface area (Å²) in [5.41, 5.74) is 9.72. The van der Waals surface area contributed by atoms with Crippen LogP contribution in [0.4, 0.5) is 26.1 Å². The first-order valence-corrected chi connectivity index (χ1v) is 25.7. The number of pyridine rings is 2. The maximum atomic E-state index is 15.5. The summed E-state index contributed by atoms with van der Waals surface area (Å²) < 4.78 is 49.0. The van der Waals surface area contributed by atoms with Crippen LogP contribution in [0.5, 0.6) is 11.9 Å². The monoisotopic (exact) mass is 1130 g/mol. The van der Waals surface area contributed by atoms with Gasteiger partial charge in [-0.05, 0) is 82.0 Å². The number of carboxylic acids is 1. The zero-order chi connectivity index (χ0) is 57.4. The second-order valence-electron chi connectivity index (χ2n) is 18.2. The molecule has 0 saturated heterocycles. The number of rotatable bonds is 28. The van der Waals surface area contributed by atoms with Crippen molar-refractivity contribution in [2.24, 2.45) is 0 Å². The molecule has 0 bridgehead atoms. The third-order valence-corrected chi connectivity index (χ3v) is 12.7. The standard InChI is InChI=1S/C53H54ClF2N17O8/c1-29(37-20-31(22-57)6-11-38(37)55)65-46-43(54)30(2)64-41-21-39(56)44(68-45(41)46)33-23-62-53(63-24-33)81-16-5-3-4-15-73-27-36(71-72-73)28-80-19-18-79-17-14-59-50(77)40(12-13-42(74)75)67-49(76)32-7-9-34(10-8-32)60-25-35-26-61-48-47(66-35)51(78)70-52(58)69-48/h6-11,20-21,23-24,26-27,29,40,60H,3-5,12-19,25,28H2,1-2H3,(H,59,77)(H,64,65)(H,67,76)(H,74,75)(H3,58,61,69,70,78)/t29-,40-/m0/s1. The lowest BCUT2D eigenvalue weighted by molar-refractivity contribution is -0.137. The molecule has 0 fully saturated rings. The molecule has 420 valence electrons. The van der Waals surface area contributed by atoms with Crippen molar-refractivity contribution in [3.05, 3.63) is 124 Å². The Bertz CT molecular complexity index is 3580. The number of hydrogen-bond acceptors (Lipinski definition) is 21. The van der Waals surface area contributed by atoms with Gasteiger partial charge in [0.15, 0.2) is 17.0 Å². The molecule has 28 heteroatoms. The van der Waals surface area contributed by atoms with Crippen LogP contribution in [-0.2, 0) is 38.8 Å². The minimum atomic E-state index is -1.12. The first-order valence-electron chi connectivity index (χ1n) is 25.4. The Hall–Kier alpha value is -9.39. The number of halogens is 3. The van der Waals surface area contributed by atoms with Gasteiger partial charge in [-0.3, -0.25) is 19.1 Å². The molecule has 8 rings (SSSR count). The van der Waals surface area contributed by atoms with Crippen LogP contribution in [0.1, 0.15) is 83.6 Å². The van der Waals surface area contributed by atoms with Gasteiger partial charge in [-0.25, -0.2) is 38.7 Å². The molecular formula is C53H54ClF2N17O8. The Labute approximate surface area is 465 Å². The molecule has 2 atom stereocenters. The average molecular weight is 1130 g/mol. The largest absolute Gasteiger partial charge is 0.492 e. The maximum absolute atomic E-state index is 15.5. The Balaban J connectivity index is 0.695. The van der Waals surface area contributed by atoms with Crippen molar-refractivity contribution in [2.75, 3.05) is 49.3 Å². The SMILES string of the molecule is Cc1nc2cc(F)c(-c3cnc(OCCCCCn4cc(COCCOCCNC(=O)[C@H](CCC(=O)O)NC(=O)c5ccc(NCc6cnc7nc(N)nc(O)c7n6)cc5)nn4)nc3)nc2c(N[C@@H](C)c2cc(C#N)ccc2F)c1Cl. The number of nitrogen functional groups attached to an aromatic ring is 1. The van der Waals surface area contributed by atoms with Gasteiger partial charge in [0.25, 0.3) is 5.91 Å². The number of anilines is 3. The molecule has 0 radical (unpaired) electrons. The number of ether oxygens (including phenoxy) is 3. The van der Waals surface area contributed by atoms with Gasteiger partial charge < -0.3 is 51.4 Å². The molecule has 0 aliphatic rings. The van der Waals surface area contributed by atoms with Crippen molar-refractivity contribution in [1.82, 2.24) is 65.5 Å². The van der Waals surface area contributed by atoms with Crippen LogP contribution in [-0.4, -0.2) is 122 Å². The molecule has 2 amide bonds. The Morgan fingerprint density at radius 2 is 1.68 bits per heavy atom. The molecule has 6 heterocycles. The zero-order valence-corrected chi connectivity index (χ0v) is 44.5. The lowest BCUT2D eigenvalue weighted by Crippen LogP contribution is -2.47. The number of fused-ring (bicyclic) bond motifs is 2. The van der Waals surface area contributed by atoms with Crippen LogP contribution >= 0.6 is 11.6 Å². The number of nitriles is 1. The van der Waals surface area contributed by atoms with Crippen molar-refractivity contribution in [1.29, 1.82) is 5.26 Å². The Kier molecular flexibility index (Phi) is 19.6. The van der Waals surface area contributed by atoms with Crippen molar-refractivity contribution >= 4 is 68.9 Å². The summed E-state index contributed by atoms with van der Waals surface area (Å²) in [5, 5.41) is 48.8. The molecule has 81 heavy (non-hydrogen) atoms. The van der Waals surface area contributed by atoms with E-state index in [4.69, 9.17) is 31.5 Å². The molecule has 6 aromatic heterocycles. The lowest BCUT2D eigenvalue weighted by Gasteiger charge is -2.20. The van der Waals surface area contributed by atoms with E-state index >= 15 is 4.39 Å². The summed E-state index contributed by atoms with van der Waals surface area (Å²) in [6.07, 6.45) is 7.85. The highest BCUT2D eigenvalue weighted by molar-refractivity contribution is 6.35. The summed E-state index contributed by atoms with van der Waals surface area (Å²) >= 11 is 6.68. The van der Waals surface area contributed by atoms with E-state index in [1.165, 1.54) is 42.9 Å². The number of hydrogen-bond donors (Lipinski definition) is 7. The maximum Gasteiger partial charge on any atom is 0.316 e. The number of benzene rings is 2. The number of carboxylic acid groups (broad SMARTS) is 1. The molecule has 0 unspecified atom stereocenters. The average Bonchev–Trinajstić information content (AvgIpc) is 4.02. The topological polar surface area (TPSA) is 351 Å². The van der Waals surface area contributed by atoms with Crippen molar-refractivity contribution in [3.8, 4) is 29.2 Å². The van der Waals surface area contributed by atoms with Crippen LogP contribution in [0.15, 0.2) is 73.3 Å². The van der Waals surface area contributed by atoms with Gasteiger partial charge in [0, 0.05) is 60.3 Å². The highest BCUT2D eigenvalue weighted by atomic mass is 35.5. The fourth-order valence-corrected chi connectivity index (χ4v) is 8.27. The molecule has 0 saturated carbocycles. The highest BCUT2D eigenvalue weighted by Crippen LogP contribution is 2.37. The molecule has 8 N–H and O–H groups in total. The number of aliphatic carboxylic acids is 1. The number of carbonyl (C=O) groups is 3. The molecule has 0 spiro atoms. The van der Waals surface area contributed by atoms with Gasteiger partial charge >= 0.3 is 12.0 Å². The van der Waals surface area contributed by atoms with Gasteiger partial charge in [-0.1, -0.05) is 16.8 Å². The Morgan fingerprint density at radius 3 is 2.46 bits per heavy atom. The fraction of sp³-hybridized carbons (Fsp3) is 0.321. The van der Waals surface area contributed by atoms with E-state index < -0.39 is 47.4 Å². The molecular weight excluding hydrogens is 1080 g/mol. The molecule has 25 nitrogen and oxygen atoms in total. The predicted molar refractivity (Wildman–Crippen MR) is 289 cm³/mol. The van der Waals surface area contributed by atoms with Gasteiger partial charge in [-0.15, -0.1) is 5.10 Å². The van der Waals surface area contributed by atoms with Gasteiger partial charge in [0.2, 0.25) is 17.7 Å². The minimum Gasteiger partial charge on any atom is -0.492 e. The third-order valence-electron chi connectivity index (χ3n) is 12.2. The second-order valence-corrected chi connectivity index (χ2v) is 18.6. The number of unbranched alkanes of at least 4 members (excludes halogenated alkanes) is 2. The number of carbonyl (C=O) groups excluding carboxylic acids is 2. The highest BCUT2D eigenvalue weighted by Gasteiger charge is 2.24. The minimum absolute atomic E-state index is 0.0529. The number of nitrogens with zero attached hydrogens (tertiary/aromatic N) is 12. The smallest absolute Gasteiger partial charge is 0.316 e. The van der Waals surface area contributed by atoms with Crippen molar-refractivity contribution < 1.29 is 47.6 Å². The molecule has 0 aliphatic carbocycles. The van der Waals surface area contributed by atoms with E-state index in [2.05, 4.69) is 71.5 Å². The summed E-state index contributed by atoms with van der Waals surface area (Å²) in [7, 11) is 0. The quantitative estimate of drug-likeness (QED) is 0.0270. The van der Waals surface area contributed by atoms with Gasteiger partial charge in [0.1, 0.15) is 28.8 Å². The zero-order valence-electron chi connectivity index (χ0n) is 43.7. The summed E-state index contributed by atoms with van der Waals surface area (Å²) in [5.74, 6) is -3.96. The van der Waals surface area contributed by atoms with Crippen molar-refractivity contribution in [3.63, 3.8) is 0 Å². The lowest BCUT2D eigenvalue weighted by atomic mass is 10.0. The van der Waals surface area contributed by atoms with Crippen molar-refractivity contribution in [2.45, 2.75) is 77.7 Å². The van der Waals surface area contributed by atoms with Gasteiger partial charge in [-0.2, -0.15) is 15.2 Å². The molecule has 8 aromatic rings. The number of nitrogens with one attached hydrogen (secondary N) is 4. The third kappa shape index (κ3) is 15.7. The number of aryl methyl sites for hydroxylation is 2. The fourth-order valence-electron chi connectivity index (χ4n) is 8.09. The number of nitrogens with two attached hydrogens (primary N) is 1. The molecule has 0 aliphatic heterocycles. The van der Waals surface area contributed by atoms with Crippen LogP contribution in [0, 0.1) is 29.9 Å². The second kappa shape index (κ2) is 27.5. The van der Waals surface area contributed by atoms with Crippen LogP contribution in [0.3, 0.4) is 0 Å². The number of amides is 2. The first-order chi connectivity index (χ1) is 39.1. The van der Waals surface area contributed by atoms with Crippen LogP contribution < -0.4 is 31.7 Å². The molecule has 2 aromatic carbocycles. The predicted octanol–water partition coefficient (Wildman–Crippen LogP) is 6.16. The number of aromatic hydroxyl groups is 1. The van der Waals surface area contributed by atoms with E-state index in [-0.39, 0.29) is 119 Å². The van der Waals surface area contributed by atoms with E-state index in [0.717, 1.165) is 12.8 Å². The van der Waals surface area contributed by atoms with E-state index in [0.29, 0.717) is 48.0 Å². The van der Waals surface area contributed by atoms with E-state index in [9.17, 15) is 34.2 Å². The van der Waals surface area contributed by atoms with E-state index in [1.807, 2.05) is 6.07 Å². The summed E-state index contributed by atoms with van der Waals surface area (Å²) in [6.45, 7) is 5.41. The van der Waals surface area contributed by atoms with Crippen LogP contribution in [0.25, 0.3) is 33.5 Å².